The highest BCUT2D eigenvalue weighted by molar-refractivity contribution is 6.35. The zero-order valence-corrected chi connectivity index (χ0v) is 19.8. The predicted octanol–water partition coefficient (Wildman–Crippen LogP) is 7.77. The second-order valence-electron chi connectivity index (χ2n) is 7.97. The second-order valence-corrected chi connectivity index (χ2v) is 9.25. The van der Waals surface area contributed by atoms with Crippen LogP contribution in [0.3, 0.4) is 0 Å². The van der Waals surface area contributed by atoms with Crippen LogP contribution in [0.5, 0.6) is 0 Å². The maximum atomic E-state index is 6.57. The van der Waals surface area contributed by atoms with Crippen LogP contribution in [0.4, 0.5) is 0 Å². The monoisotopic (exact) mass is 486 g/mol. The third-order valence-electron chi connectivity index (χ3n) is 5.94. The summed E-state index contributed by atoms with van der Waals surface area (Å²) in [5.74, 6) is 1.47. The van der Waals surface area contributed by atoms with E-state index in [1.165, 1.54) is 12.8 Å². The van der Waals surface area contributed by atoms with Gasteiger partial charge in [0.05, 0.1) is 16.4 Å². The molecule has 1 saturated carbocycles. The van der Waals surface area contributed by atoms with Crippen molar-refractivity contribution in [3.8, 4) is 28.5 Å². The molecule has 0 aliphatic heterocycles. The molecule has 1 fully saturated rings. The largest absolute Gasteiger partial charge is 0.419 e. The Labute approximate surface area is 201 Å². The molecule has 0 N–H and O–H groups in total. The molecule has 0 atom stereocenters. The highest BCUT2D eigenvalue weighted by atomic mass is 35.5. The first-order chi connectivity index (χ1) is 15.5. The Morgan fingerprint density at radius 2 is 1.69 bits per heavy atom. The predicted molar refractivity (Wildman–Crippen MR) is 128 cm³/mol. The highest BCUT2D eigenvalue weighted by Crippen LogP contribution is 2.39. The fourth-order valence-corrected chi connectivity index (χ4v) is 4.97. The van der Waals surface area contributed by atoms with Gasteiger partial charge in [-0.25, -0.2) is 4.68 Å². The molecule has 2 aromatic carbocycles. The third-order valence-corrected chi connectivity index (χ3v) is 6.73. The van der Waals surface area contributed by atoms with Crippen LogP contribution in [-0.4, -0.2) is 20.0 Å². The molecule has 2 heterocycles. The molecule has 4 aromatic rings. The van der Waals surface area contributed by atoms with Gasteiger partial charge in [-0.3, -0.25) is 0 Å². The highest BCUT2D eigenvalue weighted by Gasteiger charge is 2.27. The van der Waals surface area contributed by atoms with Crippen LogP contribution >= 0.6 is 34.8 Å². The molecular weight excluding hydrogens is 467 g/mol. The van der Waals surface area contributed by atoms with Gasteiger partial charge < -0.3 is 4.42 Å². The number of hydrogen-bond donors (Lipinski definition) is 0. The average molecular weight is 488 g/mol. The molecule has 0 radical (unpaired) electrons. The summed E-state index contributed by atoms with van der Waals surface area (Å²) >= 11 is 18.9. The van der Waals surface area contributed by atoms with Gasteiger partial charge in [-0.1, -0.05) is 66.7 Å². The van der Waals surface area contributed by atoms with E-state index in [2.05, 4.69) is 17.1 Å². The van der Waals surface area contributed by atoms with Gasteiger partial charge in [0.1, 0.15) is 0 Å². The summed E-state index contributed by atoms with van der Waals surface area (Å²) in [6.07, 6.45) is 5.31. The van der Waals surface area contributed by atoms with Gasteiger partial charge in [0.15, 0.2) is 5.69 Å². The third kappa shape index (κ3) is 3.94. The smallest absolute Gasteiger partial charge is 0.268 e. The standard InChI is InChI=1S/C24H21Cl3N4O/c1-2-18-21(24-29-28-23(32-24)15-5-3-4-6-15)30-31(20-12-11-17(26)13-19(20)27)22(18)14-7-9-16(25)10-8-14/h7-13,15H,2-6H2,1H3. The average Bonchev–Trinajstić information content (AvgIpc) is 3.53. The SMILES string of the molecule is CCc1c(-c2nnc(C3CCCC3)o2)nn(-c2ccc(Cl)cc2Cl)c1-c1ccc(Cl)cc1. The van der Waals surface area contributed by atoms with Crippen LogP contribution in [0.15, 0.2) is 46.9 Å². The van der Waals surface area contributed by atoms with Crippen molar-refractivity contribution in [1.29, 1.82) is 0 Å². The lowest BCUT2D eigenvalue weighted by atomic mass is 10.0. The van der Waals surface area contributed by atoms with Crippen molar-refractivity contribution in [3.63, 3.8) is 0 Å². The van der Waals surface area contributed by atoms with Crippen LogP contribution < -0.4 is 0 Å². The number of halogens is 3. The number of benzene rings is 2. The maximum absolute atomic E-state index is 6.57. The maximum Gasteiger partial charge on any atom is 0.268 e. The second kappa shape index (κ2) is 8.89. The summed E-state index contributed by atoms with van der Waals surface area (Å²) in [4.78, 5) is 0. The lowest BCUT2D eigenvalue weighted by molar-refractivity contribution is 0.456. The van der Waals surface area contributed by atoms with Crippen molar-refractivity contribution in [1.82, 2.24) is 20.0 Å². The van der Waals surface area contributed by atoms with Crippen LogP contribution in [-0.2, 0) is 6.42 Å². The first-order valence-electron chi connectivity index (χ1n) is 10.7. The minimum absolute atomic E-state index is 0.338. The van der Waals surface area contributed by atoms with E-state index >= 15 is 0 Å². The normalized spacial score (nSPS) is 14.4. The van der Waals surface area contributed by atoms with Crippen LogP contribution in [0, 0.1) is 0 Å². The van der Waals surface area contributed by atoms with Crippen LogP contribution in [0.1, 0.15) is 50.0 Å². The number of nitrogens with zero attached hydrogens (tertiary/aromatic N) is 4. The van der Waals surface area contributed by atoms with E-state index in [0.29, 0.717) is 38.5 Å². The Morgan fingerprint density at radius 1 is 0.969 bits per heavy atom. The molecular formula is C24H21Cl3N4O. The molecule has 2 aromatic heterocycles. The van der Waals surface area contributed by atoms with Crippen LogP contribution in [0.25, 0.3) is 28.5 Å². The molecule has 0 unspecified atom stereocenters. The van der Waals surface area contributed by atoms with Crippen molar-refractivity contribution < 1.29 is 4.42 Å². The Morgan fingerprint density at radius 3 is 2.38 bits per heavy atom. The van der Waals surface area contributed by atoms with Crippen molar-refractivity contribution >= 4 is 34.8 Å². The van der Waals surface area contributed by atoms with Crippen LogP contribution in [0.2, 0.25) is 15.1 Å². The topological polar surface area (TPSA) is 56.7 Å². The van der Waals surface area contributed by atoms with Crippen molar-refractivity contribution in [2.24, 2.45) is 0 Å². The van der Waals surface area contributed by atoms with E-state index in [1.54, 1.807) is 12.1 Å². The molecule has 0 saturated heterocycles. The summed E-state index contributed by atoms with van der Waals surface area (Å²) in [5, 5.41) is 15.4. The number of rotatable bonds is 5. The van der Waals surface area contributed by atoms with Gasteiger partial charge in [0, 0.05) is 27.1 Å². The zero-order valence-electron chi connectivity index (χ0n) is 17.5. The van der Waals surface area contributed by atoms with E-state index in [0.717, 1.165) is 41.8 Å². The number of hydrogen-bond acceptors (Lipinski definition) is 4. The molecule has 0 spiro atoms. The van der Waals surface area contributed by atoms with Gasteiger partial charge in [0.2, 0.25) is 5.89 Å². The number of aromatic nitrogens is 4. The van der Waals surface area contributed by atoms with E-state index in [9.17, 15) is 0 Å². The van der Waals surface area contributed by atoms with E-state index in [-0.39, 0.29) is 0 Å². The fourth-order valence-electron chi connectivity index (χ4n) is 4.36. The summed E-state index contributed by atoms with van der Waals surface area (Å²) in [6, 6.07) is 13.0. The lowest BCUT2D eigenvalue weighted by Crippen LogP contribution is -2.01. The van der Waals surface area contributed by atoms with Crippen molar-refractivity contribution in [2.45, 2.75) is 44.9 Å². The van der Waals surface area contributed by atoms with Gasteiger partial charge >= 0.3 is 0 Å². The summed E-state index contributed by atoms with van der Waals surface area (Å²) in [7, 11) is 0. The molecule has 1 aliphatic carbocycles. The molecule has 0 bridgehead atoms. The summed E-state index contributed by atoms with van der Waals surface area (Å²) in [6.45, 7) is 2.09. The summed E-state index contributed by atoms with van der Waals surface area (Å²) < 4.78 is 7.96. The molecule has 1 aliphatic rings. The van der Waals surface area contributed by atoms with E-state index < -0.39 is 0 Å². The molecule has 32 heavy (non-hydrogen) atoms. The Hall–Kier alpha value is -2.34. The molecule has 5 nitrogen and oxygen atoms in total. The van der Waals surface area contributed by atoms with E-state index in [1.807, 2.05) is 35.0 Å². The minimum Gasteiger partial charge on any atom is -0.419 e. The Balaban J connectivity index is 1.70. The van der Waals surface area contributed by atoms with Gasteiger partial charge in [-0.2, -0.15) is 5.10 Å². The van der Waals surface area contributed by atoms with Gasteiger partial charge in [-0.15, -0.1) is 10.2 Å². The first kappa shape index (κ1) is 21.5. The lowest BCUT2D eigenvalue weighted by Gasteiger charge is -2.11. The molecule has 5 rings (SSSR count). The van der Waals surface area contributed by atoms with Gasteiger partial charge in [0.25, 0.3) is 5.89 Å². The Kier molecular flexibility index (Phi) is 5.97. The summed E-state index contributed by atoms with van der Waals surface area (Å²) in [5.41, 5.74) is 4.26. The van der Waals surface area contributed by atoms with Gasteiger partial charge in [-0.05, 0) is 49.6 Å². The quantitative estimate of drug-likeness (QED) is 0.288. The van der Waals surface area contributed by atoms with Crippen molar-refractivity contribution in [3.05, 3.63) is 69.0 Å². The van der Waals surface area contributed by atoms with E-state index in [4.69, 9.17) is 44.3 Å². The minimum atomic E-state index is 0.338. The Bertz CT molecular complexity index is 1260. The first-order valence-corrected chi connectivity index (χ1v) is 11.9. The van der Waals surface area contributed by atoms with Crippen molar-refractivity contribution in [2.75, 3.05) is 0 Å². The fraction of sp³-hybridized carbons (Fsp3) is 0.292. The zero-order chi connectivity index (χ0) is 22.2. The molecule has 0 amide bonds. The molecule has 8 heteroatoms. The molecule has 164 valence electrons.